The number of thioether (sulfide) groups is 1. The fraction of sp³-hybridized carbons (Fsp3) is 0.400. The molecule has 12 heavy (non-hydrogen) atoms. The van der Waals surface area contributed by atoms with Crippen molar-refractivity contribution in [2.24, 2.45) is 5.73 Å². The van der Waals surface area contributed by atoms with Gasteiger partial charge in [0.15, 0.2) is 0 Å². The topological polar surface area (TPSA) is 26.0 Å². The molecule has 0 aliphatic carbocycles. The Morgan fingerprint density at radius 1 is 1.42 bits per heavy atom. The summed E-state index contributed by atoms with van der Waals surface area (Å²) >= 11 is 1.96. The molecule has 2 heteroatoms. The predicted molar refractivity (Wildman–Crippen MR) is 53.4 cm³/mol. The molecule has 1 nitrogen and oxygen atoms in total. The van der Waals surface area contributed by atoms with Crippen molar-refractivity contribution in [3.05, 3.63) is 29.3 Å². The van der Waals surface area contributed by atoms with Crippen LogP contribution in [-0.2, 0) is 13.0 Å². The molecule has 0 spiro atoms. The van der Waals surface area contributed by atoms with Crippen LogP contribution in [0.5, 0.6) is 0 Å². The minimum atomic E-state index is 0.677. The van der Waals surface area contributed by atoms with Gasteiger partial charge in [0.05, 0.1) is 0 Å². The molecule has 2 rings (SSSR count). The molecule has 0 radical (unpaired) electrons. The first-order valence-electron chi connectivity index (χ1n) is 4.35. The number of benzene rings is 1. The molecule has 1 aromatic rings. The maximum absolute atomic E-state index is 5.66. The SMILES string of the molecule is NCc1cccc2c1SCCC2. The Balaban J connectivity index is 2.44. The molecule has 1 aromatic carbocycles. The average Bonchev–Trinajstić information content (AvgIpc) is 2.17. The molecule has 64 valence electrons. The molecule has 1 heterocycles. The van der Waals surface area contributed by atoms with Crippen molar-refractivity contribution >= 4 is 11.8 Å². The minimum absolute atomic E-state index is 0.677. The van der Waals surface area contributed by atoms with Gasteiger partial charge in [0.1, 0.15) is 0 Å². The van der Waals surface area contributed by atoms with Gasteiger partial charge in [-0.1, -0.05) is 18.2 Å². The van der Waals surface area contributed by atoms with Crippen molar-refractivity contribution < 1.29 is 0 Å². The van der Waals surface area contributed by atoms with Gasteiger partial charge >= 0.3 is 0 Å². The van der Waals surface area contributed by atoms with E-state index in [0.717, 1.165) is 0 Å². The van der Waals surface area contributed by atoms with Gasteiger partial charge in [-0.2, -0.15) is 0 Å². The van der Waals surface area contributed by atoms with Crippen LogP contribution in [0.4, 0.5) is 0 Å². The van der Waals surface area contributed by atoms with Crippen LogP contribution in [0.15, 0.2) is 23.1 Å². The second kappa shape index (κ2) is 3.50. The molecule has 0 amide bonds. The number of nitrogens with two attached hydrogens (primary N) is 1. The zero-order valence-corrected chi connectivity index (χ0v) is 7.86. The first-order valence-corrected chi connectivity index (χ1v) is 5.34. The summed E-state index contributed by atoms with van der Waals surface area (Å²) < 4.78 is 0. The third kappa shape index (κ3) is 1.37. The van der Waals surface area contributed by atoms with Gasteiger partial charge in [-0.3, -0.25) is 0 Å². The zero-order chi connectivity index (χ0) is 8.39. The smallest absolute Gasteiger partial charge is 0.0189 e. The van der Waals surface area contributed by atoms with Crippen molar-refractivity contribution in [3.63, 3.8) is 0 Å². The normalized spacial score (nSPS) is 15.8. The van der Waals surface area contributed by atoms with E-state index in [0.29, 0.717) is 6.54 Å². The van der Waals surface area contributed by atoms with Gasteiger partial charge < -0.3 is 5.73 Å². The number of fused-ring (bicyclic) bond motifs is 1. The highest BCUT2D eigenvalue weighted by Crippen LogP contribution is 2.32. The third-order valence-corrected chi connectivity index (χ3v) is 3.54. The van der Waals surface area contributed by atoms with Gasteiger partial charge in [-0.25, -0.2) is 0 Å². The standard InChI is InChI=1S/C10H13NS/c11-7-9-4-1-3-8-5-2-6-12-10(8)9/h1,3-4H,2,5-7,11H2. The molecule has 0 bridgehead atoms. The molecular weight excluding hydrogens is 166 g/mol. The summed E-state index contributed by atoms with van der Waals surface area (Å²) in [6, 6.07) is 6.48. The molecule has 1 aliphatic heterocycles. The lowest BCUT2D eigenvalue weighted by atomic mass is 10.1. The van der Waals surface area contributed by atoms with Crippen molar-refractivity contribution in [1.29, 1.82) is 0 Å². The van der Waals surface area contributed by atoms with Crippen LogP contribution in [0.3, 0.4) is 0 Å². The lowest BCUT2D eigenvalue weighted by Gasteiger charge is -2.17. The predicted octanol–water partition coefficient (Wildman–Crippen LogP) is 2.18. The summed E-state index contributed by atoms with van der Waals surface area (Å²) in [6.45, 7) is 0.677. The van der Waals surface area contributed by atoms with Gasteiger partial charge in [0.25, 0.3) is 0 Å². The lowest BCUT2D eigenvalue weighted by Crippen LogP contribution is -2.05. The van der Waals surface area contributed by atoms with E-state index in [9.17, 15) is 0 Å². The van der Waals surface area contributed by atoms with E-state index in [2.05, 4.69) is 18.2 Å². The van der Waals surface area contributed by atoms with E-state index in [1.165, 1.54) is 34.6 Å². The largest absolute Gasteiger partial charge is 0.326 e. The Hall–Kier alpha value is -0.470. The van der Waals surface area contributed by atoms with Crippen LogP contribution < -0.4 is 5.73 Å². The molecule has 1 aliphatic rings. The summed E-state index contributed by atoms with van der Waals surface area (Å²) in [5.74, 6) is 1.25. The molecule has 0 atom stereocenters. The monoisotopic (exact) mass is 179 g/mol. The number of aryl methyl sites for hydroxylation is 1. The maximum Gasteiger partial charge on any atom is 0.0189 e. The Labute approximate surface area is 77.3 Å². The van der Waals surface area contributed by atoms with Crippen LogP contribution in [0, 0.1) is 0 Å². The van der Waals surface area contributed by atoms with E-state index in [1.54, 1.807) is 0 Å². The number of rotatable bonds is 1. The lowest BCUT2D eigenvalue weighted by molar-refractivity contribution is 0.869. The van der Waals surface area contributed by atoms with Gasteiger partial charge in [0.2, 0.25) is 0 Å². The first-order chi connectivity index (χ1) is 5.92. The van der Waals surface area contributed by atoms with E-state index >= 15 is 0 Å². The summed E-state index contributed by atoms with van der Waals surface area (Å²) in [4.78, 5) is 1.45. The highest BCUT2D eigenvalue weighted by Gasteiger charge is 2.11. The molecule has 0 unspecified atom stereocenters. The van der Waals surface area contributed by atoms with Gasteiger partial charge in [0, 0.05) is 11.4 Å². The summed E-state index contributed by atoms with van der Waals surface area (Å²) in [7, 11) is 0. The summed E-state index contributed by atoms with van der Waals surface area (Å²) in [6.07, 6.45) is 2.54. The molecule has 0 fully saturated rings. The highest BCUT2D eigenvalue weighted by atomic mass is 32.2. The number of hydrogen-bond donors (Lipinski definition) is 1. The molecule has 0 aromatic heterocycles. The fourth-order valence-corrected chi connectivity index (χ4v) is 2.80. The van der Waals surface area contributed by atoms with E-state index in [4.69, 9.17) is 5.73 Å². The van der Waals surface area contributed by atoms with Crippen LogP contribution in [0.2, 0.25) is 0 Å². The Morgan fingerprint density at radius 2 is 2.33 bits per heavy atom. The Kier molecular flexibility index (Phi) is 2.38. The molecule has 0 saturated carbocycles. The molecular formula is C10H13NS. The van der Waals surface area contributed by atoms with Crippen LogP contribution >= 0.6 is 11.8 Å². The Morgan fingerprint density at radius 3 is 3.17 bits per heavy atom. The fourth-order valence-electron chi connectivity index (χ4n) is 1.62. The van der Waals surface area contributed by atoms with Crippen LogP contribution in [-0.4, -0.2) is 5.75 Å². The summed E-state index contributed by atoms with van der Waals surface area (Å²) in [5.41, 5.74) is 8.47. The quantitative estimate of drug-likeness (QED) is 0.715. The van der Waals surface area contributed by atoms with Crippen LogP contribution in [0.25, 0.3) is 0 Å². The second-order valence-electron chi connectivity index (χ2n) is 3.06. The van der Waals surface area contributed by atoms with Crippen molar-refractivity contribution in [1.82, 2.24) is 0 Å². The van der Waals surface area contributed by atoms with E-state index in [-0.39, 0.29) is 0 Å². The average molecular weight is 179 g/mol. The van der Waals surface area contributed by atoms with Crippen molar-refractivity contribution in [2.75, 3.05) is 5.75 Å². The first kappa shape index (κ1) is 8.14. The minimum Gasteiger partial charge on any atom is -0.326 e. The highest BCUT2D eigenvalue weighted by molar-refractivity contribution is 7.99. The van der Waals surface area contributed by atoms with E-state index in [1.807, 2.05) is 11.8 Å². The van der Waals surface area contributed by atoms with Crippen molar-refractivity contribution in [3.8, 4) is 0 Å². The maximum atomic E-state index is 5.66. The van der Waals surface area contributed by atoms with Crippen molar-refractivity contribution in [2.45, 2.75) is 24.3 Å². The van der Waals surface area contributed by atoms with E-state index < -0.39 is 0 Å². The zero-order valence-electron chi connectivity index (χ0n) is 7.05. The summed E-state index contributed by atoms with van der Waals surface area (Å²) in [5, 5.41) is 0. The Bertz CT molecular complexity index is 269. The number of hydrogen-bond acceptors (Lipinski definition) is 2. The van der Waals surface area contributed by atoms with Gasteiger partial charge in [-0.15, -0.1) is 11.8 Å². The molecule has 0 saturated heterocycles. The van der Waals surface area contributed by atoms with Crippen LogP contribution in [0.1, 0.15) is 17.5 Å². The third-order valence-electron chi connectivity index (χ3n) is 2.23. The second-order valence-corrected chi connectivity index (χ2v) is 4.17. The molecule has 2 N–H and O–H groups in total. The van der Waals surface area contributed by atoms with Gasteiger partial charge in [-0.05, 0) is 29.7 Å².